The van der Waals surface area contributed by atoms with Crippen molar-refractivity contribution in [2.45, 2.75) is 39.2 Å². The third-order valence-corrected chi connectivity index (χ3v) is 5.66. The molecule has 0 radical (unpaired) electrons. The molecule has 3 aromatic rings. The van der Waals surface area contributed by atoms with Crippen molar-refractivity contribution in [2.24, 2.45) is 0 Å². The van der Waals surface area contributed by atoms with E-state index in [9.17, 15) is 14.4 Å². The molecule has 0 saturated carbocycles. The maximum absolute atomic E-state index is 13.5. The molecule has 0 N–H and O–H groups in total. The summed E-state index contributed by atoms with van der Waals surface area (Å²) in [5.74, 6) is 0.902. The monoisotopic (exact) mass is 490 g/mol. The third kappa shape index (κ3) is 5.94. The molecule has 10 heteroatoms. The summed E-state index contributed by atoms with van der Waals surface area (Å²) < 4.78 is 7.02. The Kier molecular flexibility index (Phi) is 7.42. The van der Waals surface area contributed by atoms with Crippen molar-refractivity contribution in [1.29, 1.82) is 0 Å². The van der Waals surface area contributed by atoms with E-state index in [0.29, 0.717) is 62.0 Å². The number of amides is 1. The number of aromatic nitrogens is 4. The fourth-order valence-corrected chi connectivity index (χ4v) is 3.90. The van der Waals surface area contributed by atoms with Crippen LogP contribution >= 0.6 is 0 Å². The Morgan fingerprint density at radius 1 is 1.06 bits per heavy atom. The van der Waals surface area contributed by atoms with Gasteiger partial charge in [-0.2, -0.15) is 0 Å². The number of ether oxygens (including phenoxy) is 1. The molecule has 0 spiro atoms. The molecule has 4 rings (SSSR count). The summed E-state index contributed by atoms with van der Waals surface area (Å²) in [6.07, 6.45) is 6.24. The van der Waals surface area contributed by atoms with Crippen LogP contribution in [0.4, 0.5) is 10.6 Å². The van der Waals surface area contributed by atoms with E-state index in [2.05, 4.69) is 15.0 Å². The van der Waals surface area contributed by atoms with Crippen LogP contribution < -0.4 is 10.5 Å². The van der Waals surface area contributed by atoms with Crippen molar-refractivity contribution in [1.82, 2.24) is 24.4 Å². The molecule has 1 saturated heterocycles. The smallest absolute Gasteiger partial charge is 0.410 e. The molecule has 1 aromatic carbocycles. The molecule has 1 aliphatic rings. The van der Waals surface area contributed by atoms with Gasteiger partial charge in [-0.05, 0) is 57.5 Å². The van der Waals surface area contributed by atoms with E-state index in [1.807, 2.05) is 49.9 Å². The molecule has 0 atom stereocenters. The lowest BCUT2D eigenvalue weighted by Crippen LogP contribution is -2.51. The van der Waals surface area contributed by atoms with Gasteiger partial charge in [-0.1, -0.05) is 0 Å². The maximum atomic E-state index is 13.5. The molecule has 1 amide bonds. The van der Waals surface area contributed by atoms with Crippen molar-refractivity contribution in [3.8, 4) is 17.1 Å². The van der Waals surface area contributed by atoms with E-state index < -0.39 is 5.60 Å². The molecule has 1 aliphatic heterocycles. The SMILES string of the molecule is CC(C)(C)OC(=O)N1CCN(c2nc(CCC=O)cn(-c3ccc(-c4ncccn4)cc3)c2=O)CC1. The first-order chi connectivity index (χ1) is 17.2. The number of hydrogen-bond acceptors (Lipinski definition) is 8. The number of piperazine rings is 1. The zero-order valence-electron chi connectivity index (χ0n) is 20.8. The Labute approximate surface area is 209 Å². The fraction of sp³-hybridized carbons (Fsp3) is 0.385. The van der Waals surface area contributed by atoms with Crippen molar-refractivity contribution < 1.29 is 14.3 Å². The number of rotatable bonds is 6. The lowest BCUT2D eigenvalue weighted by Gasteiger charge is -2.36. The average molecular weight is 491 g/mol. The molecule has 0 aliphatic carbocycles. The van der Waals surface area contributed by atoms with E-state index in [1.54, 1.807) is 34.1 Å². The molecule has 0 bridgehead atoms. The first kappa shape index (κ1) is 25.0. The molecule has 10 nitrogen and oxygen atoms in total. The number of hydrogen-bond donors (Lipinski definition) is 0. The van der Waals surface area contributed by atoms with Gasteiger partial charge in [0, 0.05) is 62.4 Å². The predicted octanol–water partition coefficient (Wildman–Crippen LogP) is 2.88. The molecule has 3 heterocycles. The fourth-order valence-electron chi connectivity index (χ4n) is 3.90. The van der Waals surface area contributed by atoms with E-state index in [4.69, 9.17) is 4.74 Å². The summed E-state index contributed by atoms with van der Waals surface area (Å²) in [5.41, 5.74) is 1.31. The molecule has 188 valence electrons. The minimum atomic E-state index is -0.571. The second kappa shape index (κ2) is 10.7. The minimum absolute atomic E-state index is 0.265. The lowest BCUT2D eigenvalue weighted by molar-refractivity contribution is -0.107. The van der Waals surface area contributed by atoms with Crippen LogP contribution in [0.3, 0.4) is 0 Å². The molecule has 36 heavy (non-hydrogen) atoms. The van der Waals surface area contributed by atoms with E-state index in [0.717, 1.165) is 11.8 Å². The summed E-state index contributed by atoms with van der Waals surface area (Å²) in [5, 5.41) is 0. The van der Waals surface area contributed by atoms with Gasteiger partial charge in [0.25, 0.3) is 5.56 Å². The van der Waals surface area contributed by atoms with Crippen LogP contribution in [0, 0.1) is 0 Å². The molecular weight excluding hydrogens is 460 g/mol. The Morgan fingerprint density at radius 2 is 1.72 bits per heavy atom. The van der Waals surface area contributed by atoms with Gasteiger partial charge >= 0.3 is 6.09 Å². The Balaban J connectivity index is 1.60. The van der Waals surface area contributed by atoms with Crippen molar-refractivity contribution in [3.05, 3.63) is 65.0 Å². The number of carbonyl (C=O) groups is 2. The number of carbonyl (C=O) groups excluding carboxylic acids is 2. The third-order valence-electron chi connectivity index (χ3n) is 5.66. The van der Waals surface area contributed by atoms with Gasteiger partial charge in [-0.3, -0.25) is 9.36 Å². The number of aryl methyl sites for hydroxylation is 1. The van der Waals surface area contributed by atoms with Gasteiger partial charge in [-0.25, -0.2) is 19.7 Å². The van der Waals surface area contributed by atoms with Crippen molar-refractivity contribution in [3.63, 3.8) is 0 Å². The largest absolute Gasteiger partial charge is 0.444 e. The Morgan fingerprint density at radius 3 is 2.33 bits per heavy atom. The zero-order valence-corrected chi connectivity index (χ0v) is 20.8. The normalized spacial score (nSPS) is 14.0. The molecule has 2 aromatic heterocycles. The van der Waals surface area contributed by atoms with Gasteiger partial charge in [-0.15, -0.1) is 0 Å². The number of anilines is 1. The number of nitrogens with zero attached hydrogens (tertiary/aromatic N) is 6. The van der Waals surface area contributed by atoms with Crippen LogP contribution in [0.25, 0.3) is 17.1 Å². The summed E-state index contributed by atoms with van der Waals surface area (Å²) >= 11 is 0. The topological polar surface area (TPSA) is 111 Å². The van der Waals surface area contributed by atoms with Gasteiger partial charge in [0.05, 0.1) is 5.69 Å². The highest BCUT2D eigenvalue weighted by Gasteiger charge is 2.28. The van der Waals surface area contributed by atoms with Gasteiger partial charge < -0.3 is 19.3 Å². The van der Waals surface area contributed by atoms with E-state index in [-0.39, 0.29) is 11.7 Å². The summed E-state index contributed by atoms with van der Waals surface area (Å²) in [6, 6.07) is 9.15. The molecule has 0 unspecified atom stereocenters. The second-order valence-corrected chi connectivity index (χ2v) is 9.51. The first-order valence-corrected chi connectivity index (χ1v) is 11.9. The average Bonchev–Trinajstić information content (AvgIpc) is 2.88. The van der Waals surface area contributed by atoms with Crippen molar-refractivity contribution in [2.75, 3.05) is 31.1 Å². The Hall–Kier alpha value is -4.08. The van der Waals surface area contributed by atoms with Crippen LogP contribution in [-0.4, -0.2) is 68.6 Å². The van der Waals surface area contributed by atoms with Crippen molar-refractivity contribution >= 4 is 18.2 Å². The quantitative estimate of drug-likeness (QED) is 0.485. The highest BCUT2D eigenvalue weighted by Crippen LogP contribution is 2.19. The molecule has 1 fully saturated rings. The van der Waals surface area contributed by atoms with Crippen LogP contribution in [0.15, 0.2) is 53.7 Å². The van der Waals surface area contributed by atoms with Crippen LogP contribution in [0.2, 0.25) is 0 Å². The number of aldehydes is 1. The van der Waals surface area contributed by atoms with Crippen LogP contribution in [0.5, 0.6) is 0 Å². The minimum Gasteiger partial charge on any atom is -0.444 e. The zero-order chi connectivity index (χ0) is 25.7. The second-order valence-electron chi connectivity index (χ2n) is 9.51. The summed E-state index contributed by atoms with van der Waals surface area (Å²) in [6.45, 7) is 7.22. The first-order valence-electron chi connectivity index (χ1n) is 11.9. The van der Waals surface area contributed by atoms with Gasteiger partial charge in [0.15, 0.2) is 11.6 Å². The van der Waals surface area contributed by atoms with E-state index >= 15 is 0 Å². The van der Waals surface area contributed by atoms with Crippen LogP contribution in [-0.2, 0) is 16.0 Å². The summed E-state index contributed by atoms with van der Waals surface area (Å²) in [4.78, 5) is 53.6. The predicted molar refractivity (Wildman–Crippen MR) is 135 cm³/mol. The highest BCUT2D eigenvalue weighted by atomic mass is 16.6. The summed E-state index contributed by atoms with van der Waals surface area (Å²) in [7, 11) is 0. The molecular formula is C26H30N6O4. The maximum Gasteiger partial charge on any atom is 0.410 e. The van der Waals surface area contributed by atoms with Gasteiger partial charge in [0.1, 0.15) is 11.9 Å². The van der Waals surface area contributed by atoms with Crippen LogP contribution in [0.1, 0.15) is 32.9 Å². The van der Waals surface area contributed by atoms with E-state index in [1.165, 1.54) is 0 Å². The number of benzene rings is 1. The Bertz CT molecular complexity index is 1260. The standard InChI is InChI=1S/C26H30N6O4/c1-26(2,3)36-25(35)31-15-13-30(14-16-31)23-24(34)32(18-20(29-23)6-4-17-33)21-9-7-19(8-10-21)22-27-11-5-12-28-22/h5,7-12,17-18H,4,6,13-16H2,1-3H3. The highest BCUT2D eigenvalue weighted by molar-refractivity contribution is 5.68. The van der Waals surface area contributed by atoms with Gasteiger partial charge in [0.2, 0.25) is 0 Å². The lowest BCUT2D eigenvalue weighted by atomic mass is 10.2.